The monoisotopic (exact) mass is 225 g/mol. The van der Waals surface area contributed by atoms with E-state index < -0.39 is 11.5 Å². The van der Waals surface area contributed by atoms with Gasteiger partial charge in [-0.05, 0) is 18.2 Å². The van der Waals surface area contributed by atoms with Gasteiger partial charge in [-0.15, -0.1) is 0 Å². The third kappa shape index (κ3) is 2.09. The van der Waals surface area contributed by atoms with Crippen molar-refractivity contribution in [2.45, 2.75) is 12.5 Å². The fourth-order valence-electron chi connectivity index (χ4n) is 1.36. The van der Waals surface area contributed by atoms with Gasteiger partial charge in [-0.3, -0.25) is 0 Å². The second-order valence-corrected chi connectivity index (χ2v) is 3.69. The Morgan fingerprint density at radius 3 is 2.44 bits per heavy atom. The van der Waals surface area contributed by atoms with E-state index in [1.165, 1.54) is 21.1 Å². The van der Waals surface area contributed by atoms with Crippen LogP contribution in [0.15, 0.2) is 18.2 Å². The molecule has 0 radical (unpaired) electrons. The lowest BCUT2D eigenvalue weighted by molar-refractivity contribution is -0.489. The molecule has 0 heterocycles. The van der Waals surface area contributed by atoms with Crippen molar-refractivity contribution in [1.82, 2.24) is 0 Å². The summed E-state index contributed by atoms with van der Waals surface area (Å²) in [4.78, 5) is 11.0. The zero-order valence-electron chi connectivity index (χ0n) is 9.57. The number of carboxylic acids is 1. The first-order valence-electron chi connectivity index (χ1n) is 4.72. The molecule has 1 atom stereocenters. The number of rotatable bonds is 4. The van der Waals surface area contributed by atoms with Crippen LogP contribution in [-0.2, 0) is 10.3 Å². The number of quaternary nitrogens is 1. The standard InChI is InChI=1S/C11H15NO4/c1-11(12,10(13)14)8-6-7(15-2)4-5-9(8)16-3/h4-6H,12H2,1-3H3,(H,13,14)/t11-/m0/s1. The number of hydrogen-bond donors (Lipinski definition) is 1. The Kier molecular flexibility index (Phi) is 3.39. The lowest BCUT2D eigenvalue weighted by Crippen LogP contribution is -2.75. The van der Waals surface area contributed by atoms with Crippen molar-refractivity contribution < 1.29 is 25.1 Å². The van der Waals surface area contributed by atoms with Crippen LogP contribution in [0.25, 0.3) is 0 Å². The highest BCUT2D eigenvalue weighted by atomic mass is 16.5. The molecule has 3 N–H and O–H groups in total. The van der Waals surface area contributed by atoms with Crippen LogP contribution in [0.5, 0.6) is 11.5 Å². The lowest BCUT2D eigenvalue weighted by atomic mass is 9.92. The maximum absolute atomic E-state index is 11.0. The zero-order chi connectivity index (χ0) is 12.3. The van der Waals surface area contributed by atoms with Gasteiger partial charge in [0.05, 0.1) is 19.8 Å². The van der Waals surface area contributed by atoms with Crippen LogP contribution >= 0.6 is 0 Å². The molecule has 0 unspecified atom stereocenters. The minimum absolute atomic E-state index is 0.425. The summed E-state index contributed by atoms with van der Waals surface area (Å²) in [5.74, 6) is -0.270. The molecule has 0 saturated carbocycles. The van der Waals surface area contributed by atoms with Gasteiger partial charge in [-0.1, -0.05) is 0 Å². The Balaban J connectivity index is 3.34. The molecule has 0 amide bonds. The zero-order valence-corrected chi connectivity index (χ0v) is 9.57. The summed E-state index contributed by atoms with van der Waals surface area (Å²) >= 11 is 0. The van der Waals surface area contributed by atoms with Gasteiger partial charge >= 0.3 is 0 Å². The molecule has 88 valence electrons. The number of methoxy groups -OCH3 is 2. The molecule has 0 saturated heterocycles. The molecule has 16 heavy (non-hydrogen) atoms. The first-order chi connectivity index (χ1) is 7.43. The SMILES string of the molecule is COc1ccc(OC)c([C@](C)([NH3+])C(=O)[O-])c1. The predicted octanol–water partition coefficient (Wildman–Crippen LogP) is -1.09. The van der Waals surface area contributed by atoms with Crippen LogP contribution < -0.4 is 20.3 Å². The van der Waals surface area contributed by atoms with Gasteiger partial charge in [0, 0.05) is 6.92 Å². The molecule has 0 aromatic heterocycles. The summed E-state index contributed by atoms with van der Waals surface area (Å²) < 4.78 is 10.1. The number of carbonyl (C=O) groups excluding carboxylic acids is 1. The minimum atomic E-state index is -1.38. The van der Waals surface area contributed by atoms with Crippen LogP contribution in [0.3, 0.4) is 0 Å². The summed E-state index contributed by atoms with van der Waals surface area (Å²) in [5, 5.41) is 11.0. The largest absolute Gasteiger partial charge is 0.543 e. The van der Waals surface area contributed by atoms with Crippen LogP contribution in [0.1, 0.15) is 12.5 Å². The van der Waals surface area contributed by atoms with E-state index in [9.17, 15) is 9.90 Å². The van der Waals surface area contributed by atoms with Crippen LogP contribution in [0, 0.1) is 0 Å². The molecule has 1 rings (SSSR count). The van der Waals surface area contributed by atoms with Gasteiger partial charge in [-0.2, -0.15) is 0 Å². The Hall–Kier alpha value is -1.75. The van der Waals surface area contributed by atoms with Crippen molar-refractivity contribution in [2.75, 3.05) is 14.2 Å². The predicted molar refractivity (Wildman–Crippen MR) is 54.8 cm³/mol. The number of aliphatic carboxylic acids is 1. The maximum Gasteiger partial charge on any atom is 0.161 e. The van der Waals surface area contributed by atoms with Crippen LogP contribution in [0.4, 0.5) is 0 Å². The third-order valence-electron chi connectivity index (χ3n) is 2.45. The fourth-order valence-corrected chi connectivity index (χ4v) is 1.36. The van der Waals surface area contributed by atoms with E-state index in [0.29, 0.717) is 17.1 Å². The van der Waals surface area contributed by atoms with E-state index in [1.54, 1.807) is 18.2 Å². The molecule has 0 aliphatic rings. The molecule has 0 spiro atoms. The first kappa shape index (κ1) is 12.3. The second kappa shape index (κ2) is 4.40. The minimum Gasteiger partial charge on any atom is -0.543 e. The normalized spacial score (nSPS) is 14.0. The smallest absolute Gasteiger partial charge is 0.161 e. The quantitative estimate of drug-likeness (QED) is 0.705. The molecule has 5 heteroatoms. The first-order valence-corrected chi connectivity index (χ1v) is 4.72. The lowest BCUT2D eigenvalue weighted by Gasteiger charge is -2.24. The summed E-state index contributed by atoms with van der Waals surface area (Å²) in [7, 11) is 2.97. The number of carbonyl (C=O) groups is 1. The summed E-state index contributed by atoms with van der Waals surface area (Å²) in [6.07, 6.45) is 0. The molecular formula is C11H15NO4. The van der Waals surface area contributed by atoms with E-state index in [0.717, 1.165) is 0 Å². The summed E-state index contributed by atoms with van der Waals surface area (Å²) in [5.41, 5.74) is 2.68. The number of benzene rings is 1. The van der Waals surface area contributed by atoms with Gasteiger partial charge in [0.1, 0.15) is 17.5 Å². The van der Waals surface area contributed by atoms with Crippen molar-refractivity contribution in [2.24, 2.45) is 0 Å². The molecular weight excluding hydrogens is 210 g/mol. The topological polar surface area (TPSA) is 86.2 Å². The molecule has 0 aliphatic heterocycles. The molecule has 5 nitrogen and oxygen atoms in total. The van der Waals surface area contributed by atoms with E-state index in [-0.39, 0.29) is 0 Å². The number of carboxylic acid groups (broad SMARTS) is 1. The third-order valence-corrected chi connectivity index (χ3v) is 2.45. The van der Waals surface area contributed by atoms with Gasteiger partial charge in [0.2, 0.25) is 0 Å². The number of hydrogen-bond acceptors (Lipinski definition) is 4. The van der Waals surface area contributed by atoms with Crippen LogP contribution in [0.2, 0.25) is 0 Å². The summed E-state index contributed by atoms with van der Waals surface area (Å²) in [6.45, 7) is 1.46. The average Bonchev–Trinajstić information content (AvgIpc) is 2.27. The fraction of sp³-hybridized carbons (Fsp3) is 0.364. The molecule has 0 aliphatic carbocycles. The van der Waals surface area contributed by atoms with Crippen molar-refractivity contribution in [3.8, 4) is 11.5 Å². The second-order valence-electron chi connectivity index (χ2n) is 3.69. The molecule has 1 aromatic rings. The highest BCUT2D eigenvalue weighted by molar-refractivity contribution is 5.77. The maximum atomic E-state index is 11.0. The van der Waals surface area contributed by atoms with Crippen LogP contribution in [-0.4, -0.2) is 20.2 Å². The highest BCUT2D eigenvalue weighted by Gasteiger charge is 2.31. The van der Waals surface area contributed by atoms with E-state index >= 15 is 0 Å². The Morgan fingerprint density at radius 1 is 1.38 bits per heavy atom. The molecule has 0 fully saturated rings. The number of ether oxygens (including phenoxy) is 2. The molecule has 1 aromatic carbocycles. The van der Waals surface area contributed by atoms with Gasteiger partial charge in [0.25, 0.3) is 0 Å². The van der Waals surface area contributed by atoms with Crippen molar-refractivity contribution in [3.63, 3.8) is 0 Å². The van der Waals surface area contributed by atoms with Crippen molar-refractivity contribution in [3.05, 3.63) is 23.8 Å². The highest BCUT2D eigenvalue weighted by Crippen LogP contribution is 2.30. The Morgan fingerprint density at radius 2 is 2.00 bits per heavy atom. The Labute approximate surface area is 93.8 Å². The van der Waals surface area contributed by atoms with E-state index in [2.05, 4.69) is 5.73 Å². The van der Waals surface area contributed by atoms with Gasteiger partial charge in [-0.25, -0.2) is 0 Å². The van der Waals surface area contributed by atoms with Gasteiger partial charge < -0.3 is 25.1 Å². The van der Waals surface area contributed by atoms with Crippen molar-refractivity contribution in [1.29, 1.82) is 0 Å². The van der Waals surface area contributed by atoms with E-state index in [1.807, 2.05) is 0 Å². The van der Waals surface area contributed by atoms with Crippen molar-refractivity contribution >= 4 is 5.97 Å². The Bertz CT molecular complexity index is 401. The van der Waals surface area contributed by atoms with E-state index in [4.69, 9.17) is 9.47 Å². The molecule has 0 bridgehead atoms. The van der Waals surface area contributed by atoms with Gasteiger partial charge in [0.15, 0.2) is 5.54 Å². The average molecular weight is 225 g/mol. The summed E-state index contributed by atoms with van der Waals surface area (Å²) in [6, 6.07) is 4.91.